The van der Waals surface area contributed by atoms with Crippen LogP contribution in [0.4, 0.5) is 0 Å². The summed E-state index contributed by atoms with van der Waals surface area (Å²) in [5.74, 6) is 0.200. The second-order valence-corrected chi connectivity index (χ2v) is 6.66. The van der Waals surface area contributed by atoms with Crippen molar-refractivity contribution in [2.75, 3.05) is 0 Å². The maximum absolute atomic E-state index is 12.2. The van der Waals surface area contributed by atoms with Crippen molar-refractivity contribution in [3.63, 3.8) is 0 Å². The van der Waals surface area contributed by atoms with Gasteiger partial charge in [-0.25, -0.2) is 8.42 Å². The van der Waals surface area contributed by atoms with Gasteiger partial charge < -0.3 is 4.79 Å². The number of carbonyl (C=O) groups excluding carboxylic acids is 1. The molecule has 23 heavy (non-hydrogen) atoms. The fourth-order valence-corrected chi connectivity index (χ4v) is 3.36. The summed E-state index contributed by atoms with van der Waals surface area (Å²) in [6.07, 6.45) is 15.1. The van der Waals surface area contributed by atoms with Gasteiger partial charge in [-0.05, 0) is 70.4 Å². The van der Waals surface area contributed by atoms with Crippen LogP contribution in [0.15, 0.2) is 29.2 Å². The van der Waals surface area contributed by atoms with Crippen LogP contribution in [-0.2, 0) is 31.7 Å². The van der Waals surface area contributed by atoms with Crippen molar-refractivity contribution < 1.29 is 30.3 Å². The summed E-state index contributed by atoms with van der Waals surface area (Å²) in [6, 6.07) is 6.56. The molecule has 3 nitrogen and oxygen atoms in total. The third-order valence-corrected chi connectivity index (χ3v) is 4.95. The molecular formula is C18H16FeO3S+2. The van der Waals surface area contributed by atoms with Crippen molar-refractivity contribution in [2.24, 2.45) is 0 Å². The molecule has 2 fully saturated rings. The molecule has 0 aliphatic heterocycles. The first-order chi connectivity index (χ1) is 10.6. The minimum atomic E-state index is -3.59. The number of hydrogen-bond donors (Lipinski definition) is 0. The summed E-state index contributed by atoms with van der Waals surface area (Å²) in [4.78, 5) is 11.0. The van der Waals surface area contributed by atoms with E-state index in [0.29, 0.717) is 6.29 Å². The molecule has 0 aromatic heterocycles. The summed E-state index contributed by atoms with van der Waals surface area (Å²) in [7, 11) is -3.59. The van der Waals surface area contributed by atoms with Crippen LogP contribution in [0.5, 0.6) is 0 Å². The summed E-state index contributed by atoms with van der Waals surface area (Å²) in [5.41, 5.74) is 0.988. The zero-order valence-corrected chi connectivity index (χ0v) is 14.4. The Balaban J connectivity index is 0.000000377. The molecule has 0 heterocycles. The molecule has 0 amide bonds. The van der Waals surface area contributed by atoms with Crippen LogP contribution in [0.1, 0.15) is 5.56 Å². The Bertz CT molecular complexity index is 569. The Labute approximate surface area is 150 Å². The molecule has 0 atom stereocenters. The number of aryl methyl sites for hydroxylation is 1. The molecule has 0 N–H and O–H groups in total. The Morgan fingerprint density at radius 2 is 1.35 bits per heavy atom. The van der Waals surface area contributed by atoms with Crippen LogP contribution in [0, 0.1) is 69.5 Å². The van der Waals surface area contributed by atoms with Crippen LogP contribution in [0.2, 0.25) is 0 Å². The number of carbonyl (C=O) groups is 1. The number of benzene rings is 1. The molecule has 118 valence electrons. The minimum absolute atomic E-state index is 0. The van der Waals surface area contributed by atoms with Gasteiger partial charge in [0.2, 0.25) is 0 Å². The van der Waals surface area contributed by atoms with Crippen LogP contribution in [-0.4, -0.2) is 14.7 Å². The van der Waals surface area contributed by atoms with E-state index < -0.39 is 9.84 Å². The van der Waals surface area contributed by atoms with Gasteiger partial charge in [0.25, 0.3) is 0 Å². The molecular weight excluding hydrogens is 352 g/mol. The van der Waals surface area contributed by atoms with Crippen molar-refractivity contribution in [1.82, 2.24) is 0 Å². The largest absolute Gasteiger partial charge is 2.00 e. The Morgan fingerprint density at radius 3 is 1.83 bits per heavy atom. The van der Waals surface area contributed by atoms with E-state index in [4.69, 9.17) is 0 Å². The van der Waals surface area contributed by atoms with Crippen LogP contribution < -0.4 is 0 Å². The van der Waals surface area contributed by atoms with Gasteiger partial charge in [-0.1, -0.05) is 17.7 Å². The van der Waals surface area contributed by atoms with Crippen molar-refractivity contribution in [3.05, 3.63) is 92.4 Å². The van der Waals surface area contributed by atoms with Gasteiger partial charge in [0.05, 0.1) is 10.8 Å². The third kappa shape index (κ3) is 5.44. The van der Waals surface area contributed by atoms with Crippen LogP contribution in [0.25, 0.3) is 0 Å². The average Bonchev–Trinajstić information content (AvgIpc) is 3.22. The maximum atomic E-state index is 12.2. The third-order valence-electron chi connectivity index (χ3n) is 3.11. The first-order valence-electron chi connectivity index (χ1n) is 6.75. The molecule has 0 bridgehead atoms. The van der Waals surface area contributed by atoms with E-state index in [9.17, 15) is 13.2 Å². The summed E-state index contributed by atoms with van der Waals surface area (Å²) >= 11 is 0. The molecule has 0 saturated heterocycles. The molecule has 1 aromatic carbocycles. The number of rotatable bonds is 3. The van der Waals surface area contributed by atoms with E-state index in [0.717, 1.165) is 5.56 Å². The summed E-state index contributed by atoms with van der Waals surface area (Å²) in [5, 5.41) is 0.0661. The van der Waals surface area contributed by atoms with Crippen LogP contribution >= 0.6 is 0 Å². The summed E-state index contributed by atoms with van der Waals surface area (Å²) in [6.45, 7) is 1.88. The topological polar surface area (TPSA) is 51.2 Å². The molecule has 1 aromatic rings. The van der Waals surface area contributed by atoms with Gasteiger partial charge in [-0.15, -0.1) is 0 Å². The molecule has 0 unspecified atom stereocenters. The first kappa shape index (κ1) is 20.4. The van der Waals surface area contributed by atoms with Gasteiger partial charge in [-0.2, -0.15) is 0 Å². The minimum Gasteiger partial charge on any atom is -0.303 e. The van der Waals surface area contributed by atoms with Gasteiger partial charge in [0.1, 0.15) is 11.5 Å². The molecule has 2 aliphatic carbocycles. The van der Waals surface area contributed by atoms with E-state index in [-0.39, 0.29) is 33.1 Å². The molecule has 5 heteroatoms. The second-order valence-electron chi connectivity index (χ2n) is 4.74. The smallest absolute Gasteiger partial charge is 0.303 e. The Kier molecular flexibility index (Phi) is 8.52. The fourth-order valence-electron chi connectivity index (χ4n) is 1.92. The zero-order valence-electron chi connectivity index (χ0n) is 12.5. The van der Waals surface area contributed by atoms with Gasteiger partial charge in [0, 0.05) is 0 Å². The van der Waals surface area contributed by atoms with Crippen molar-refractivity contribution >= 4 is 16.1 Å². The molecule has 2 saturated carbocycles. The molecule has 0 spiro atoms. The Morgan fingerprint density at radius 1 is 0.826 bits per heavy atom. The predicted octanol–water partition coefficient (Wildman–Crippen LogP) is 2.72. The molecule has 2 aliphatic rings. The van der Waals surface area contributed by atoms with E-state index in [1.807, 2.05) is 39.0 Å². The quantitative estimate of drug-likeness (QED) is 0.609. The average molecular weight is 368 g/mol. The van der Waals surface area contributed by atoms with E-state index in [1.165, 1.54) is 12.8 Å². The predicted molar refractivity (Wildman–Crippen MR) is 85.3 cm³/mol. The van der Waals surface area contributed by atoms with Crippen molar-refractivity contribution in [2.45, 2.75) is 11.8 Å². The van der Waals surface area contributed by atoms with E-state index >= 15 is 0 Å². The number of sulfone groups is 1. The summed E-state index contributed by atoms with van der Waals surface area (Å²) < 4.78 is 24.5. The maximum Gasteiger partial charge on any atom is 2.00 e. The van der Waals surface area contributed by atoms with E-state index in [1.54, 1.807) is 30.7 Å². The Hall–Kier alpha value is -0.641. The van der Waals surface area contributed by atoms with Gasteiger partial charge in [0.15, 0.2) is 9.84 Å². The second kappa shape index (κ2) is 9.61. The SMILES string of the molecule is Cc1ccc(S(=O)(=O)[C]2[CH][CH][CH][C]2C=O)cc1.[CH]1[CH][CH][CH][CH]1.[Fe+2]. The van der Waals surface area contributed by atoms with Crippen molar-refractivity contribution in [3.8, 4) is 0 Å². The zero-order chi connectivity index (χ0) is 16.0. The number of hydrogen-bond acceptors (Lipinski definition) is 3. The molecule has 3 rings (SSSR count). The monoisotopic (exact) mass is 368 g/mol. The van der Waals surface area contributed by atoms with Crippen molar-refractivity contribution in [1.29, 1.82) is 0 Å². The van der Waals surface area contributed by atoms with Gasteiger partial charge in [-0.3, -0.25) is 0 Å². The van der Waals surface area contributed by atoms with Crippen LogP contribution in [0.3, 0.4) is 0 Å². The molecule has 10 radical (unpaired) electrons. The normalized spacial score (nSPS) is 18.8. The standard InChI is InChI=1S/C13H11O3S.C5H5.Fe/c1-10-5-7-12(8-6-10)17(15,16)13-4-2-3-11(13)9-14;1-2-4-5-3-1;/h2-9H,1H3;1-5H;/q;;+2. The van der Waals surface area contributed by atoms with E-state index in [2.05, 4.69) is 0 Å². The van der Waals surface area contributed by atoms with Gasteiger partial charge >= 0.3 is 17.1 Å². The fraction of sp³-hybridized carbons (Fsp3) is 0.0556. The number of aldehydes is 1. The first-order valence-corrected chi connectivity index (χ1v) is 8.23.